The third-order valence-corrected chi connectivity index (χ3v) is 7.39. The van der Waals surface area contributed by atoms with Gasteiger partial charge >= 0.3 is 0 Å². The van der Waals surface area contributed by atoms with E-state index in [1.807, 2.05) is 6.07 Å². The molecule has 0 aliphatic carbocycles. The Labute approximate surface area is 153 Å². The summed E-state index contributed by atoms with van der Waals surface area (Å²) in [5.74, 6) is -0.0220. The van der Waals surface area contributed by atoms with Crippen LogP contribution in [0.4, 0.5) is 0 Å². The molecule has 3 aliphatic heterocycles. The van der Waals surface area contributed by atoms with E-state index in [1.165, 1.54) is 4.31 Å². The van der Waals surface area contributed by atoms with Crippen LogP contribution in [-0.4, -0.2) is 69.6 Å². The maximum atomic E-state index is 13.1. The van der Waals surface area contributed by atoms with Gasteiger partial charge < -0.3 is 14.4 Å². The molecule has 0 saturated carbocycles. The number of hydrogen-bond donors (Lipinski definition) is 0. The van der Waals surface area contributed by atoms with E-state index in [4.69, 9.17) is 9.47 Å². The van der Waals surface area contributed by atoms with Gasteiger partial charge in [0.15, 0.2) is 0 Å². The van der Waals surface area contributed by atoms with Gasteiger partial charge in [0, 0.05) is 32.8 Å². The summed E-state index contributed by atoms with van der Waals surface area (Å²) in [4.78, 5) is 14.9. The molecule has 0 spiro atoms. The van der Waals surface area contributed by atoms with E-state index in [2.05, 4.69) is 0 Å². The minimum Gasteiger partial charge on any atom is -0.381 e. The Morgan fingerprint density at radius 1 is 1.08 bits per heavy atom. The van der Waals surface area contributed by atoms with Crippen molar-refractivity contribution in [2.24, 2.45) is 5.92 Å². The third-order valence-electron chi connectivity index (χ3n) is 5.41. The van der Waals surface area contributed by atoms with Gasteiger partial charge in [-0.05, 0) is 30.0 Å². The van der Waals surface area contributed by atoms with Crippen LogP contribution in [0.5, 0.6) is 0 Å². The number of carbonyl (C=O) groups excluding carboxylic acids is 1. The first-order valence-electron chi connectivity index (χ1n) is 9.12. The van der Waals surface area contributed by atoms with Gasteiger partial charge in [0.2, 0.25) is 15.9 Å². The standard InChI is InChI=1S/C18H24N2O5S/c21-18(15-5-9-25-13-15)19-6-4-14-2-1-3-17(16(14)12-19)26(22,23)20-7-10-24-11-8-20/h1-3,15H,4-13H2/t15-/m0/s1. The summed E-state index contributed by atoms with van der Waals surface area (Å²) >= 11 is 0. The zero-order valence-electron chi connectivity index (χ0n) is 14.7. The molecular formula is C18H24N2O5S. The summed E-state index contributed by atoms with van der Waals surface area (Å²) in [5.41, 5.74) is 1.78. The number of benzene rings is 1. The molecule has 0 unspecified atom stereocenters. The Hall–Kier alpha value is -1.48. The van der Waals surface area contributed by atoms with E-state index in [1.54, 1.807) is 17.0 Å². The highest BCUT2D eigenvalue weighted by Crippen LogP contribution is 2.30. The van der Waals surface area contributed by atoms with Gasteiger partial charge in [0.1, 0.15) is 0 Å². The molecule has 0 radical (unpaired) electrons. The maximum absolute atomic E-state index is 13.1. The molecule has 1 amide bonds. The molecule has 1 atom stereocenters. The van der Waals surface area contributed by atoms with Crippen LogP contribution < -0.4 is 0 Å². The highest BCUT2D eigenvalue weighted by atomic mass is 32.2. The van der Waals surface area contributed by atoms with Crippen molar-refractivity contribution in [2.75, 3.05) is 46.1 Å². The van der Waals surface area contributed by atoms with Crippen LogP contribution >= 0.6 is 0 Å². The predicted octanol–water partition coefficient (Wildman–Crippen LogP) is 0.629. The van der Waals surface area contributed by atoms with Crippen molar-refractivity contribution >= 4 is 15.9 Å². The van der Waals surface area contributed by atoms with E-state index >= 15 is 0 Å². The molecular weight excluding hydrogens is 356 g/mol. The second-order valence-corrected chi connectivity index (χ2v) is 8.89. The first-order chi connectivity index (χ1) is 12.6. The monoisotopic (exact) mass is 380 g/mol. The zero-order valence-corrected chi connectivity index (χ0v) is 15.5. The second-order valence-electron chi connectivity index (χ2n) is 6.98. The van der Waals surface area contributed by atoms with Crippen LogP contribution in [0.1, 0.15) is 17.5 Å². The van der Waals surface area contributed by atoms with Gasteiger partial charge in [-0.15, -0.1) is 0 Å². The summed E-state index contributed by atoms with van der Waals surface area (Å²) in [6, 6.07) is 5.43. The first kappa shape index (κ1) is 17.9. The number of amides is 1. The average molecular weight is 380 g/mol. The van der Waals surface area contributed by atoms with Crippen LogP contribution in [0.15, 0.2) is 23.1 Å². The third kappa shape index (κ3) is 3.26. The topological polar surface area (TPSA) is 76.2 Å². The normalized spacial score (nSPS) is 24.5. The van der Waals surface area contributed by atoms with E-state index in [0.717, 1.165) is 17.5 Å². The van der Waals surface area contributed by atoms with Crippen molar-refractivity contribution in [2.45, 2.75) is 24.3 Å². The zero-order chi connectivity index (χ0) is 18.1. The SMILES string of the molecule is O=C([C@H]1CCOC1)N1CCc2cccc(S(=O)(=O)N3CCOCC3)c2C1. The van der Waals surface area contributed by atoms with Crippen molar-refractivity contribution in [1.29, 1.82) is 0 Å². The molecule has 2 fully saturated rings. The number of carbonyl (C=O) groups is 1. The Morgan fingerprint density at radius 3 is 2.62 bits per heavy atom. The number of ether oxygens (including phenoxy) is 2. The largest absolute Gasteiger partial charge is 0.381 e. The fraction of sp³-hybridized carbons (Fsp3) is 0.611. The lowest BCUT2D eigenvalue weighted by molar-refractivity contribution is -0.136. The van der Waals surface area contributed by atoms with Crippen LogP contribution in [0.3, 0.4) is 0 Å². The molecule has 142 valence electrons. The Kier molecular flexibility index (Phi) is 5.00. The molecule has 0 bridgehead atoms. The summed E-state index contributed by atoms with van der Waals surface area (Å²) in [6.45, 7) is 3.64. The lowest BCUT2D eigenvalue weighted by atomic mass is 9.98. The molecule has 3 heterocycles. The fourth-order valence-corrected chi connectivity index (χ4v) is 5.56. The van der Waals surface area contributed by atoms with Crippen LogP contribution in [0.25, 0.3) is 0 Å². The number of hydrogen-bond acceptors (Lipinski definition) is 5. The minimum absolute atomic E-state index is 0.0757. The van der Waals surface area contributed by atoms with Gasteiger partial charge in [-0.2, -0.15) is 4.31 Å². The van der Waals surface area contributed by atoms with Crippen molar-refractivity contribution < 1.29 is 22.7 Å². The maximum Gasteiger partial charge on any atom is 0.243 e. The van der Waals surface area contributed by atoms with E-state index in [9.17, 15) is 13.2 Å². The first-order valence-corrected chi connectivity index (χ1v) is 10.6. The second kappa shape index (κ2) is 7.26. The van der Waals surface area contributed by atoms with Crippen LogP contribution in [0, 0.1) is 5.92 Å². The number of sulfonamides is 1. The summed E-state index contributed by atoms with van der Waals surface area (Å²) in [6.07, 6.45) is 1.43. The molecule has 7 nitrogen and oxygen atoms in total. The van der Waals surface area contributed by atoms with Crippen molar-refractivity contribution in [3.63, 3.8) is 0 Å². The molecule has 8 heteroatoms. The van der Waals surface area contributed by atoms with E-state index < -0.39 is 10.0 Å². The number of nitrogens with zero attached hydrogens (tertiary/aromatic N) is 2. The summed E-state index contributed by atoms with van der Waals surface area (Å²) in [7, 11) is -3.58. The number of rotatable bonds is 3. The molecule has 0 N–H and O–H groups in total. The summed E-state index contributed by atoms with van der Waals surface area (Å²) < 4.78 is 38.4. The minimum atomic E-state index is -3.58. The quantitative estimate of drug-likeness (QED) is 0.769. The fourth-order valence-electron chi connectivity index (χ4n) is 3.89. The highest BCUT2D eigenvalue weighted by Gasteiger charge is 2.34. The Morgan fingerprint density at radius 2 is 1.88 bits per heavy atom. The Balaban J connectivity index is 1.62. The van der Waals surface area contributed by atoms with E-state index in [0.29, 0.717) is 63.9 Å². The van der Waals surface area contributed by atoms with E-state index in [-0.39, 0.29) is 11.8 Å². The van der Waals surface area contributed by atoms with Gasteiger partial charge in [-0.3, -0.25) is 4.79 Å². The van der Waals surface area contributed by atoms with Crippen molar-refractivity contribution in [3.8, 4) is 0 Å². The molecule has 3 aliphatic rings. The van der Waals surface area contributed by atoms with Gasteiger partial charge in [-0.25, -0.2) is 8.42 Å². The molecule has 0 aromatic heterocycles. The van der Waals surface area contributed by atoms with Crippen LogP contribution in [-0.2, 0) is 37.3 Å². The predicted molar refractivity (Wildman–Crippen MR) is 94.1 cm³/mol. The number of morpholine rings is 1. The molecule has 2 saturated heterocycles. The molecule has 26 heavy (non-hydrogen) atoms. The Bertz CT molecular complexity index is 783. The molecule has 4 rings (SSSR count). The number of fused-ring (bicyclic) bond motifs is 1. The smallest absolute Gasteiger partial charge is 0.243 e. The average Bonchev–Trinajstić information content (AvgIpc) is 3.22. The highest BCUT2D eigenvalue weighted by molar-refractivity contribution is 7.89. The lowest BCUT2D eigenvalue weighted by Crippen LogP contribution is -2.43. The van der Waals surface area contributed by atoms with Crippen molar-refractivity contribution in [3.05, 3.63) is 29.3 Å². The molecule has 1 aromatic rings. The van der Waals surface area contributed by atoms with Gasteiger partial charge in [0.25, 0.3) is 0 Å². The van der Waals surface area contributed by atoms with Gasteiger partial charge in [-0.1, -0.05) is 12.1 Å². The van der Waals surface area contributed by atoms with Gasteiger partial charge in [0.05, 0.1) is 30.6 Å². The summed E-state index contributed by atoms with van der Waals surface area (Å²) in [5, 5.41) is 0. The lowest BCUT2D eigenvalue weighted by Gasteiger charge is -2.33. The van der Waals surface area contributed by atoms with Crippen LogP contribution in [0.2, 0.25) is 0 Å². The molecule has 1 aromatic carbocycles. The van der Waals surface area contributed by atoms with Crippen molar-refractivity contribution in [1.82, 2.24) is 9.21 Å².